The minimum Gasteiger partial charge on any atom is -0.489 e. The normalized spacial score (nSPS) is 12.3. The molecule has 1 heterocycles. The number of methoxy groups -OCH3 is 1. The fourth-order valence-electron chi connectivity index (χ4n) is 1.31. The second-order valence-corrected chi connectivity index (χ2v) is 4.40. The van der Waals surface area contributed by atoms with Gasteiger partial charge in [-0.25, -0.2) is 9.78 Å². The molecule has 0 saturated carbocycles. The molecule has 1 atom stereocenters. The molecular formula is C13H20N2O4. The molecule has 2 N–H and O–H groups in total. The number of hydrogen-bond acceptors (Lipinski definition) is 6. The smallest absolute Gasteiger partial charge is 0.356 e. The molecular weight excluding hydrogens is 248 g/mol. The minimum atomic E-state index is -0.595. The van der Waals surface area contributed by atoms with Crippen molar-refractivity contribution in [2.45, 2.75) is 26.0 Å². The topological polar surface area (TPSA) is 80.7 Å². The van der Waals surface area contributed by atoms with Gasteiger partial charge in [0.25, 0.3) is 0 Å². The first-order valence-corrected chi connectivity index (χ1v) is 6.11. The highest BCUT2D eigenvalue weighted by atomic mass is 16.5. The molecule has 0 saturated heterocycles. The standard InChI is InChI=1S/C13H20N2O4/c1-9(2)14-6-10(16)8-19-11-4-5-12(15-7-11)13(17)18-3/h4-5,7,9-10,14,16H,6,8H2,1-3H3. The van der Waals surface area contributed by atoms with Gasteiger partial charge in [0.15, 0.2) is 0 Å². The van der Waals surface area contributed by atoms with Crippen LogP contribution in [0.3, 0.4) is 0 Å². The van der Waals surface area contributed by atoms with Crippen molar-refractivity contribution in [3.8, 4) is 5.75 Å². The maximum absolute atomic E-state index is 11.2. The monoisotopic (exact) mass is 268 g/mol. The Morgan fingerprint density at radius 2 is 2.21 bits per heavy atom. The third-order valence-electron chi connectivity index (χ3n) is 2.33. The molecule has 0 radical (unpaired) electrons. The first kappa shape index (κ1) is 15.4. The van der Waals surface area contributed by atoms with E-state index < -0.39 is 12.1 Å². The lowest BCUT2D eigenvalue weighted by atomic mass is 10.3. The average molecular weight is 268 g/mol. The van der Waals surface area contributed by atoms with Gasteiger partial charge in [-0.15, -0.1) is 0 Å². The first-order valence-electron chi connectivity index (χ1n) is 6.11. The number of esters is 1. The lowest BCUT2D eigenvalue weighted by molar-refractivity contribution is 0.0593. The third-order valence-corrected chi connectivity index (χ3v) is 2.33. The van der Waals surface area contributed by atoms with Crippen LogP contribution in [0, 0.1) is 0 Å². The predicted octanol–water partition coefficient (Wildman–Crippen LogP) is 0.606. The number of carbonyl (C=O) groups is 1. The largest absolute Gasteiger partial charge is 0.489 e. The van der Waals surface area contributed by atoms with Gasteiger partial charge in [-0.2, -0.15) is 0 Å². The van der Waals surface area contributed by atoms with Crippen molar-refractivity contribution in [2.75, 3.05) is 20.3 Å². The van der Waals surface area contributed by atoms with Crippen LogP contribution < -0.4 is 10.1 Å². The van der Waals surface area contributed by atoms with Crippen molar-refractivity contribution in [3.05, 3.63) is 24.0 Å². The molecule has 6 heteroatoms. The number of carbonyl (C=O) groups excluding carboxylic acids is 1. The van der Waals surface area contributed by atoms with E-state index in [9.17, 15) is 9.90 Å². The highest BCUT2D eigenvalue weighted by Crippen LogP contribution is 2.10. The highest BCUT2D eigenvalue weighted by Gasteiger charge is 2.08. The van der Waals surface area contributed by atoms with Gasteiger partial charge < -0.3 is 19.9 Å². The van der Waals surface area contributed by atoms with E-state index in [1.54, 1.807) is 6.07 Å². The van der Waals surface area contributed by atoms with Crippen LogP contribution in [-0.2, 0) is 4.74 Å². The van der Waals surface area contributed by atoms with E-state index in [0.717, 1.165) is 0 Å². The molecule has 106 valence electrons. The van der Waals surface area contributed by atoms with Gasteiger partial charge in [0, 0.05) is 12.6 Å². The Morgan fingerprint density at radius 1 is 1.47 bits per heavy atom. The first-order chi connectivity index (χ1) is 9.02. The molecule has 1 rings (SSSR count). The number of aromatic nitrogens is 1. The summed E-state index contributed by atoms with van der Waals surface area (Å²) in [5, 5.41) is 12.8. The Bertz CT molecular complexity index is 392. The molecule has 0 amide bonds. The molecule has 0 spiro atoms. The Morgan fingerprint density at radius 3 is 2.74 bits per heavy atom. The number of aliphatic hydroxyl groups excluding tert-OH is 1. The van der Waals surface area contributed by atoms with Crippen molar-refractivity contribution >= 4 is 5.97 Å². The minimum absolute atomic E-state index is 0.166. The number of ether oxygens (including phenoxy) is 2. The highest BCUT2D eigenvalue weighted by molar-refractivity contribution is 5.87. The summed E-state index contributed by atoms with van der Waals surface area (Å²) in [5.74, 6) is 0.00367. The Hall–Kier alpha value is -1.66. The Balaban J connectivity index is 2.39. The van der Waals surface area contributed by atoms with Crippen molar-refractivity contribution in [1.29, 1.82) is 0 Å². The molecule has 19 heavy (non-hydrogen) atoms. The van der Waals surface area contributed by atoms with Gasteiger partial charge in [-0.3, -0.25) is 0 Å². The van der Waals surface area contributed by atoms with Crippen molar-refractivity contribution in [2.24, 2.45) is 0 Å². The summed E-state index contributed by atoms with van der Waals surface area (Å²) in [6, 6.07) is 3.44. The zero-order valence-electron chi connectivity index (χ0n) is 11.4. The molecule has 1 aromatic rings. The number of nitrogens with one attached hydrogen (secondary N) is 1. The van der Waals surface area contributed by atoms with Gasteiger partial charge in [-0.1, -0.05) is 13.8 Å². The van der Waals surface area contributed by atoms with Gasteiger partial charge in [-0.05, 0) is 12.1 Å². The van der Waals surface area contributed by atoms with E-state index in [-0.39, 0.29) is 12.3 Å². The number of nitrogens with zero attached hydrogens (tertiary/aromatic N) is 1. The molecule has 0 fully saturated rings. The lowest BCUT2D eigenvalue weighted by Crippen LogP contribution is -2.35. The second kappa shape index (κ2) is 7.70. The quantitative estimate of drug-likeness (QED) is 0.705. The van der Waals surface area contributed by atoms with Crippen LogP contribution in [0.25, 0.3) is 0 Å². The van der Waals surface area contributed by atoms with E-state index >= 15 is 0 Å². The zero-order chi connectivity index (χ0) is 14.3. The fourth-order valence-corrected chi connectivity index (χ4v) is 1.31. The van der Waals surface area contributed by atoms with Crippen molar-refractivity contribution < 1.29 is 19.4 Å². The fraction of sp³-hybridized carbons (Fsp3) is 0.538. The third kappa shape index (κ3) is 5.67. The van der Waals surface area contributed by atoms with Crippen LogP contribution in [0.1, 0.15) is 24.3 Å². The summed E-state index contributed by atoms with van der Waals surface area (Å²) in [4.78, 5) is 15.1. The molecule has 0 aromatic carbocycles. The Labute approximate surface area is 112 Å². The van der Waals surface area contributed by atoms with Crippen LogP contribution in [0.5, 0.6) is 5.75 Å². The summed E-state index contributed by atoms with van der Waals surface area (Å²) in [6.07, 6.45) is 0.831. The zero-order valence-corrected chi connectivity index (χ0v) is 11.4. The van der Waals surface area contributed by atoms with Crippen LogP contribution in [0.4, 0.5) is 0 Å². The van der Waals surface area contributed by atoms with Crippen LogP contribution in [0.2, 0.25) is 0 Å². The van der Waals surface area contributed by atoms with Crippen LogP contribution in [-0.4, -0.2) is 48.5 Å². The van der Waals surface area contributed by atoms with E-state index in [1.807, 2.05) is 13.8 Å². The molecule has 1 unspecified atom stereocenters. The van der Waals surface area contributed by atoms with E-state index in [1.165, 1.54) is 19.4 Å². The molecule has 0 aliphatic rings. The van der Waals surface area contributed by atoms with E-state index in [0.29, 0.717) is 18.3 Å². The summed E-state index contributed by atoms with van der Waals surface area (Å²) in [7, 11) is 1.30. The maximum atomic E-state index is 11.2. The lowest BCUT2D eigenvalue weighted by Gasteiger charge is -2.14. The van der Waals surface area contributed by atoms with Crippen molar-refractivity contribution in [1.82, 2.24) is 10.3 Å². The van der Waals surface area contributed by atoms with Gasteiger partial charge >= 0.3 is 5.97 Å². The summed E-state index contributed by atoms with van der Waals surface area (Å²) in [6.45, 7) is 4.64. The van der Waals surface area contributed by atoms with E-state index in [2.05, 4.69) is 15.0 Å². The second-order valence-electron chi connectivity index (χ2n) is 4.40. The number of aliphatic hydroxyl groups is 1. The number of rotatable bonds is 7. The molecule has 0 aliphatic carbocycles. The molecule has 6 nitrogen and oxygen atoms in total. The van der Waals surface area contributed by atoms with Crippen LogP contribution in [0.15, 0.2) is 18.3 Å². The van der Waals surface area contributed by atoms with Gasteiger partial charge in [0.1, 0.15) is 24.2 Å². The molecule has 0 aliphatic heterocycles. The molecule has 0 bridgehead atoms. The summed E-state index contributed by atoms with van der Waals surface area (Å²) < 4.78 is 9.90. The maximum Gasteiger partial charge on any atom is 0.356 e. The van der Waals surface area contributed by atoms with Gasteiger partial charge in [0.05, 0.1) is 13.3 Å². The predicted molar refractivity (Wildman–Crippen MR) is 70.2 cm³/mol. The SMILES string of the molecule is COC(=O)c1ccc(OCC(O)CNC(C)C)cn1. The summed E-state index contributed by atoms with van der Waals surface area (Å²) in [5.41, 5.74) is 0.219. The van der Waals surface area contributed by atoms with E-state index in [4.69, 9.17) is 4.74 Å². The van der Waals surface area contributed by atoms with Gasteiger partial charge in [0.2, 0.25) is 0 Å². The summed E-state index contributed by atoms with van der Waals surface area (Å²) >= 11 is 0. The Kier molecular flexibility index (Phi) is 6.24. The average Bonchev–Trinajstić information content (AvgIpc) is 2.42. The van der Waals surface area contributed by atoms with Crippen LogP contribution >= 0.6 is 0 Å². The molecule has 1 aromatic heterocycles. The number of pyridine rings is 1. The number of hydrogen-bond donors (Lipinski definition) is 2. The van der Waals surface area contributed by atoms with Crippen molar-refractivity contribution in [3.63, 3.8) is 0 Å².